The Morgan fingerprint density at radius 2 is 2.10 bits per heavy atom. The van der Waals surface area contributed by atoms with Crippen LogP contribution in [0.5, 0.6) is 0 Å². The third-order valence-electron chi connectivity index (χ3n) is 2.80. The summed E-state index contributed by atoms with van der Waals surface area (Å²) in [5.41, 5.74) is 8.04. The number of benzene rings is 1. The van der Waals surface area contributed by atoms with Crippen molar-refractivity contribution < 1.29 is 0 Å². The van der Waals surface area contributed by atoms with Gasteiger partial charge >= 0.3 is 0 Å². The van der Waals surface area contributed by atoms with E-state index in [0.717, 1.165) is 43.4 Å². The monoisotopic (exact) mass is 433 g/mol. The highest BCUT2D eigenvalue weighted by atomic mass is 79.9. The lowest BCUT2D eigenvalue weighted by Crippen LogP contribution is -1.89. The number of halogens is 2. The standard InChI is InChI=1S/C13H13Br2N3S2/c1-2-3-4-5-6-7-17-12-9(15)11(18-19)10(16)8(14)13(12)20-7/h3-4H,2,5-6,16H2,1H3/b4-3+. The van der Waals surface area contributed by atoms with Crippen molar-refractivity contribution in [3.05, 3.63) is 26.1 Å². The fraction of sp³-hybridized carbons (Fsp3) is 0.308. The Morgan fingerprint density at radius 1 is 1.35 bits per heavy atom. The lowest BCUT2D eigenvalue weighted by Gasteiger charge is -2.05. The predicted octanol–water partition coefficient (Wildman–Crippen LogP) is 5.66. The molecule has 2 aromatic rings. The van der Waals surface area contributed by atoms with Crippen LogP contribution in [0.1, 0.15) is 24.8 Å². The number of aryl methyl sites for hydroxylation is 1. The Kier molecular flexibility index (Phi) is 5.65. The molecule has 0 fully saturated rings. The minimum Gasteiger partial charge on any atom is -0.396 e. The summed E-state index contributed by atoms with van der Waals surface area (Å²) in [6.07, 6.45) is 7.35. The van der Waals surface area contributed by atoms with Gasteiger partial charge in [0.25, 0.3) is 0 Å². The van der Waals surface area contributed by atoms with Gasteiger partial charge in [0.1, 0.15) is 5.69 Å². The van der Waals surface area contributed by atoms with Gasteiger partial charge in [-0.15, -0.1) is 11.3 Å². The molecule has 3 nitrogen and oxygen atoms in total. The summed E-state index contributed by atoms with van der Waals surface area (Å²) in [5.74, 6) is 0. The SMILES string of the molecule is CC/C=C/CCc1nc2c(Br)c(N=S)c(N)c(Br)c2s1. The van der Waals surface area contributed by atoms with E-state index < -0.39 is 0 Å². The molecule has 1 heterocycles. The molecule has 0 atom stereocenters. The summed E-state index contributed by atoms with van der Waals surface area (Å²) in [5, 5.41) is 1.09. The Morgan fingerprint density at radius 3 is 2.75 bits per heavy atom. The average Bonchev–Trinajstić information content (AvgIpc) is 2.86. The number of aromatic nitrogens is 1. The van der Waals surface area contributed by atoms with Crippen molar-refractivity contribution in [2.75, 3.05) is 5.73 Å². The number of fused-ring (bicyclic) bond motifs is 1. The molecule has 1 aromatic heterocycles. The van der Waals surface area contributed by atoms with Crippen molar-refractivity contribution in [2.24, 2.45) is 4.36 Å². The van der Waals surface area contributed by atoms with E-state index in [9.17, 15) is 0 Å². The molecule has 0 bridgehead atoms. The van der Waals surface area contributed by atoms with Gasteiger partial charge in [0.2, 0.25) is 0 Å². The molecule has 0 aliphatic heterocycles. The molecule has 0 spiro atoms. The van der Waals surface area contributed by atoms with E-state index >= 15 is 0 Å². The van der Waals surface area contributed by atoms with Crippen LogP contribution in [0, 0.1) is 0 Å². The number of rotatable bonds is 5. The maximum Gasteiger partial charge on any atom is 0.117 e. The van der Waals surface area contributed by atoms with Gasteiger partial charge in [0, 0.05) is 18.8 Å². The van der Waals surface area contributed by atoms with Crippen LogP contribution in [0.25, 0.3) is 10.2 Å². The summed E-state index contributed by atoms with van der Waals surface area (Å²) in [7, 11) is 0. The molecule has 7 heteroatoms. The molecule has 106 valence electrons. The van der Waals surface area contributed by atoms with E-state index in [4.69, 9.17) is 18.2 Å². The number of thiazole rings is 1. The van der Waals surface area contributed by atoms with Gasteiger partial charge in [-0.1, -0.05) is 19.1 Å². The second-order valence-electron chi connectivity index (χ2n) is 4.19. The largest absolute Gasteiger partial charge is 0.396 e. The molecular formula is C13H13Br2N3S2. The van der Waals surface area contributed by atoms with Crippen molar-refractivity contribution in [2.45, 2.75) is 26.2 Å². The Bertz CT molecular complexity index is 680. The summed E-state index contributed by atoms with van der Waals surface area (Å²) in [4.78, 5) is 4.67. The van der Waals surface area contributed by atoms with Gasteiger partial charge < -0.3 is 5.73 Å². The Balaban J connectivity index is 2.43. The Labute approximate surface area is 144 Å². The van der Waals surface area contributed by atoms with E-state index in [2.05, 4.69) is 60.3 Å². The maximum absolute atomic E-state index is 6.04. The quantitative estimate of drug-likeness (QED) is 0.487. The number of hydrogen-bond acceptors (Lipinski definition) is 5. The van der Waals surface area contributed by atoms with Gasteiger partial charge in [-0.05, 0) is 44.7 Å². The van der Waals surface area contributed by atoms with Crippen molar-refractivity contribution in [1.82, 2.24) is 4.98 Å². The minimum atomic E-state index is 0.556. The molecule has 0 aliphatic rings. The lowest BCUT2D eigenvalue weighted by molar-refractivity contribution is 0.978. The molecule has 0 radical (unpaired) electrons. The van der Waals surface area contributed by atoms with E-state index in [1.54, 1.807) is 11.3 Å². The minimum absolute atomic E-state index is 0.556. The van der Waals surface area contributed by atoms with Gasteiger partial charge in [0.05, 0.1) is 29.9 Å². The first-order valence-electron chi connectivity index (χ1n) is 6.14. The molecule has 0 amide bonds. The first-order chi connectivity index (χ1) is 9.60. The van der Waals surface area contributed by atoms with E-state index in [1.165, 1.54) is 0 Å². The summed E-state index contributed by atoms with van der Waals surface area (Å²) < 4.78 is 6.44. The molecule has 0 saturated heterocycles. The van der Waals surface area contributed by atoms with Gasteiger partial charge in [0.15, 0.2) is 0 Å². The first kappa shape index (κ1) is 16.0. The predicted molar refractivity (Wildman–Crippen MR) is 96.6 cm³/mol. The number of nitrogens with two attached hydrogens (primary N) is 1. The smallest absolute Gasteiger partial charge is 0.117 e. The summed E-state index contributed by atoms with van der Waals surface area (Å²) in [6, 6.07) is 0. The molecule has 0 saturated carbocycles. The third kappa shape index (κ3) is 3.10. The molecular weight excluding hydrogens is 422 g/mol. The second-order valence-corrected chi connectivity index (χ2v) is 7.04. The topological polar surface area (TPSA) is 51.3 Å². The normalized spacial score (nSPS) is 11.6. The highest BCUT2D eigenvalue weighted by Gasteiger charge is 2.18. The van der Waals surface area contributed by atoms with Crippen LogP contribution < -0.4 is 5.73 Å². The zero-order chi connectivity index (χ0) is 14.7. The molecule has 0 aliphatic carbocycles. The molecule has 2 rings (SSSR count). The first-order valence-corrected chi connectivity index (χ1v) is 8.91. The van der Waals surface area contributed by atoms with Gasteiger partial charge in [-0.3, -0.25) is 0 Å². The number of anilines is 1. The van der Waals surface area contributed by atoms with Gasteiger partial charge in [-0.2, -0.15) is 4.36 Å². The van der Waals surface area contributed by atoms with Crippen LogP contribution in [-0.2, 0) is 18.8 Å². The van der Waals surface area contributed by atoms with Crippen LogP contribution >= 0.6 is 43.2 Å². The highest BCUT2D eigenvalue weighted by Crippen LogP contribution is 2.46. The van der Waals surface area contributed by atoms with E-state index in [0.29, 0.717) is 11.4 Å². The fourth-order valence-corrected chi connectivity index (χ4v) is 4.49. The Hall–Kier alpha value is -0.370. The molecule has 0 unspecified atom stereocenters. The zero-order valence-corrected chi connectivity index (χ0v) is 15.6. The third-order valence-corrected chi connectivity index (χ3v) is 5.95. The van der Waals surface area contributed by atoms with Crippen molar-refractivity contribution in [3.8, 4) is 0 Å². The van der Waals surface area contributed by atoms with Crippen molar-refractivity contribution >= 4 is 77.2 Å². The van der Waals surface area contributed by atoms with E-state index in [-0.39, 0.29) is 0 Å². The van der Waals surface area contributed by atoms with Crippen LogP contribution in [0.2, 0.25) is 0 Å². The van der Waals surface area contributed by atoms with Crippen molar-refractivity contribution in [3.63, 3.8) is 0 Å². The zero-order valence-electron chi connectivity index (χ0n) is 10.8. The van der Waals surface area contributed by atoms with Crippen molar-refractivity contribution in [1.29, 1.82) is 0 Å². The number of hydrogen-bond donors (Lipinski definition) is 1. The summed E-state index contributed by atoms with van der Waals surface area (Å²) >= 11 is 13.5. The summed E-state index contributed by atoms with van der Waals surface area (Å²) in [6.45, 7) is 2.13. The second kappa shape index (κ2) is 7.06. The number of nitrogen functional groups attached to an aromatic ring is 1. The van der Waals surface area contributed by atoms with Crippen LogP contribution in [-0.4, -0.2) is 4.98 Å². The van der Waals surface area contributed by atoms with Crippen LogP contribution in [0.4, 0.5) is 11.4 Å². The van der Waals surface area contributed by atoms with E-state index in [1.807, 2.05) is 0 Å². The lowest BCUT2D eigenvalue weighted by atomic mass is 10.2. The number of nitrogens with zero attached hydrogens (tertiary/aromatic N) is 2. The molecule has 2 N–H and O–H groups in total. The fourth-order valence-electron chi connectivity index (χ4n) is 1.81. The maximum atomic E-state index is 6.04. The number of allylic oxidation sites excluding steroid dienone is 2. The van der Waals surface area contributed by atoms with Gasteiger partial charge in [-0.25, -0.2) is 4.98 Å². The molecule has 20 heavy (non-hydrogen) atoms. The highest BCUT2D eigenvalue weighted by molar-refractivity contribution is 9.11. The average molecular weight is 435 g/mol. The van der Waals surface area contributed by atoms with Crippen LogP contribution in [0.15, 0.2) is 25.5 Å². The van der Waals surface area contributed by atoms with Crippen LogP contribution in [0.3, 0.4) is 0 Å². The molecule has 1 aromatic carbocycles.